The summed E-state index contributed by atoms with van der Waals surface area (Å²) in [6.45, 7) is 0. The molecular weight excluding hydrogens is 285 g/mol. The smallest absolute Gasteiger partial charge is 0.320 e. The number of hydrogen-bond acceptors (Lipinski definition) is 4. The van der Waals surface area contributed by atoms with Crippen molar-refractivity contribution in [2.45, 2.75) is 6.18 Å². The molecule has 2 heterocycles. The summed E-state index contributed by atoms with van der Waals surface area (Å²) in [4.78, 5) is 18.8. The van der Waals surface area contributed by atoms with Crippen LogP contribution in [0.25, 0.3) is 0 Å². The molecule has 2 aromatic heterocycles. The number of anilines is 1. The minimum Gasteiger partial charge on any atom is -0.320 e. The molecule has 0 bridgehead atoms. The Morgan fingerprint density at radius 3 is 2.76 bits per heavy atom. The van der Waals surface area contributed by atoms with E-state index in [0.717, 1.165) is 18.5 Å². The number of rotatable bonds is 2. The van der Waals surface area contributed by atoms with Crippen LogP contribution in [-0.2, 0) is 6.18 Å². The normalized spacial score (nSPS) is 10.8. The summed E-state index contributed by atoms with van der Waals surface area (Å²) >= 11 is 0. The minimum absolute atomic E-state index is 0.0222. The molecule has 0 spiro atoms. The fourth-order valence-corrected chi connectivity index (χ4v) is 1.55. The molecule has 0 unspecified atom stereocenters. The van der Waals surface area contributed by atoms with Crippen LogP contribution < -0.4 is 5.32 Å². The van der Waals surface area contributed by atoms with Crippen molar-refractivity contribution in [1.82, 2.24) is 9.97 Å². The fourth-order valence-electron chi connectivity index (χ4n) is 1.55. The second-order valence-electron chi connectivity index (χ2n) is 3.93. The van der Waals surface area contributed by atoms with Crippen LogP contribution in [0.15, 0.2) is 36.8 Å². The third kappa shape index (κ3) is 3.33. The van der Waals surface area contributed by atoms with E-state index in [2.05, 4.69) is 15.3 Å². The highest BCUT2D eigenvalue weighted by molar-refractivity contribution is 6.04. The third-order valence-corrected chi connectivity index (χ3v) is 2.45. The van der Waals surface area contributed by atoms with Gasteiger partial charge in [0.2, 0.25) is 0 Å². The van der Waals surface area contributed by atoms with Crippen LogP contribution in [0.4, 0.5) is 18.9 Å². The maximum atomic E-state index is 12.8. The lowest BCUT2D eigenvalue weighted by molar-refractivity contribution is -0.140. The van der Waals surface area contributed by atoms with Gasteiger partial charge < -0.3 is 5.32 Å². The van der Waals surface area contributed by atoms with Gasteiger partial charge in [-0.3, -0.25) is 9.78 Å². The van der Waals surface area contributed by atoms with Crippen molar-refractivity contribution in [3.8, 4) is 6.07 Å². The molecule has 0 aromatic carbocycles. The molecule has 0 saturated carbocycles. The Morgan fingerprint density at radius 1 is 1.33 bits per heavy atom. The van der Waals surface area contributed by atoms with E-state index in [1.807, 2.05) is 0 Å². The quantitative estimate of drug-likeness (QED) is 0.922. The number of carbonyl (C=O) groups is 1. The molecule has 0 fully saturated rings. The SMILES string of the molecule is N#Cc1cncc(C(=O)Nc2cccnc2C(F)(F)F)c1. The standard InChI is InChI=1S/C13H7F3N4O/c14-13(15,16)11-10(2-1-3-19-11)20-12(21)9-4-8(5-17)6-18-7-9/h1-4,6-7H,(H,20,21). The highest BCUT2D eigenvalue weighted by Gasteiger charge is 2.35. The first-order valence-electron chi connectivity index (χ1n) is 5.60. The van der Waals surface area contributed by atoms with Crippen LogP contribution in [0.5, 0.6) is 0 Å². The Hall–Kier alpha value is -2.95. The predicted molar refractivity (Wildman–Crippen MR) is 66.1 cm³/mol. The second kappa shape index (κ2) is 5.58. The van der Waals surface area contributed by atoms with Crippen molar-refractivity contribution in [2.75, 3.05) is 5.32 Å². The summed E-state index contributed by atoms with van der Waals surface area (Å²) in [6.07, 6.45) is -1.31. The Bertz CT molecular complexity index is 722. The molecule has 0 atom stereocenters. The summed E-state index contributed by atoms with van der Waals surface area (Å²) in [6, 6.07) is 5.38. The van der Waals surface area contributed by atoms with Crippen LogP contribution in [0.3, 0.4) is 0 Å². The molecule has 2 rings (SSSR count). The van der Waals surface area contributed by atoms with Gasteiger partial charge in [0.1, 0.15) is 6.07 Å². The summed E-state index contributed by atoms with van der Waals surface area (Å²) < 4.78 is 38.3. The van der Waals surface area contributed by atoms with Crippen molar-refractivity contribution in [3.05, 3.63) is 53.6 Å². The number of nitriles is 1. The summed E-state index contributed by atoms with van der Waals surface area (Å²) in [5, 5.41) is 10.8. The molecule has 0 radical (unpaired) electrons. The van der Waals surface area contributed by atoms with Gasteiger partial charge in [-0.05, 0) is 18.2 Å². The van der Waals surface area contributed by atoms with Gasteiger partial charge in [-0.1, -0.05) is 0 Å². The Morgan fingerprint density at radius 2 is 2.10 bits per heavy atom. The Balaban J connectivity index is 2.30. The number of nitrogens with one attached hydrogen (secondary N) is 1. The molecule has 8 heteroatoms. The maximum absolute atomic E-state index is 12.8. The van der Waals surface area contributed by atoms with E-state index in [9.17, 15) is 18.0 Å². The van der Waals surface area contributed by atoms with Gasteiger partial charge >= 0.3 is 6.18 Å². The van der Waals surface area contributed by atoms with Crippen molar-refractivity contribution in [1.29, 1.82) is 5.26 Å². The molecule has 106 valence electrons. The van der Waals surface area contributed by atoms with E-state index in [4.69, 9.17) is 5.26 Å². The summed E-state index contributed by atoms with van der Waals surface area (Å²) in [7, 11) is 0. The van der Waals surface area contributed by atoms with Crippen molar-refractivity contribution in [2.24, 2.45) is 0 Å². The van der Waals surface area contributed by atoms with E-state index in [1.54, 1.807) is 6.07 Å². The van der Waals surface area contributed by atoms with E-state index < -0.39 is 23.5 Å². The maximum Gasteiger partial charge on any atom is 0.435 e. The van der Waals surface area contributed by atoms with Gasteiger partial charge in [-0.2, -0.15) is 18.4 Å². The summed E-state index contributed by atoms with van der Waals surface area (Å²) in [5.74, 6) is -0.807. The zero-order valence-electron chi connectivity index (χ0n) is 10.3. The molecule has 1 amide bonds. The molecule has 0 saturated heterocycles. The van der Waals surface area contributed by atoms with Crippen LogP contribution in [0.2, 0.25) is 0 Å². The Labute approximate surface area is 117 Å². The van der Waals surface area contributed by atoms with Gasteiger partial charge in [-0.15, -0.1) is 0 Å². The number of alkyl halides is 3. The Kier molecular flexibility index (Phi) is 3.84. The number of halogens is 3. The summed E-state index contributed by atoms with van der Waals surface area (Å²) in [5.41, 5.74) is -1.55. The van der Waals surface area contributed by atoms with E-state index >= 15 is 0 Å². The first kappa shape index (κ1) is 14.5. The zero-order valence-corrected chi connectivity index (χ0v) is 10.3. The van der Waals surface area contributed by atoms with Crippen molar-refractivity contribution in [3.63, 3.8) is 0 Å². The number of amides is 1. The van der Waals surface area contributed by atoms with Gasteiger partial charge in [0.25, 0.3) is 5.91 Å². The van der Waals surface area contributed by atoms with E-state index in [-0.39, 0.29) is 11.1 Å². The molecule has 0 aliphatic carbocycles. The van der Waals surface area contributed by atoms with Crippen LogP contribution in [0, 0.1) is 11.3 Å². The highest BCUT2D eigenvalue weighted by atomic mass is 19.4. The number of pyridine rings is 2. The largest absolute Gasteiger partial charge is 0.435 e. The minimum atomic E-state index is -4.68. The zero-order chi connectivity index (χ0) is 15.5. The van der Waals surface area contributed by atoms with Crippen LogP contribution in [-0.4, -0.2) is 15.9 Å². The molecular formula is C13H7F3N4O. The lowest BCUT2D eigenvalue weighted by atomic mass is 10.2. The lowest BCUT2D eigenvalue weighted by Crippen LogP contribution is -2.18. The molecule has 0 aliphatic rings. The van der Waals surface area contributed by atoms with Gasteiger partial charge in [0, 0.05) is 18.6 Å². The number of hydrogen-bond donors (Lipinski definition) is 1. The van der Waals surface area contributed by atoms with Crippen molar-refractivity contribution >= 4 is 11.6 Å². The molecule has 1 N–H and O–H groups in total. The first-order chi connectivity index (χ1) is 9.91. The number of nitrogens with zero attached hydrogens (tertiary/aromatic N) is 3. The van der Waals surface area contributed by atoms with Gasteiger partial charge in [0.15, 0.2) is 5.69 Å². The molecule has 0 aliphatic heterocycles. The number of carbonyl (C=O) groups excluding carboxylic acids is 1. The lowest BCUT2D eigenvalue weighted by Gasteiger charge is -2.12. The third-order valence-electron chi connectivity index (χ3n) is 2.45. The second-order valence-corrected chi connectivity index (χ2v) is 3.93. The average molecular weight is 292 g/mol. The van der Waals surface area contributed by atoms with Gasteiger partial charge in [0.05, 0.1) is 16.8 Å². The number of aromatic nitrogens is 2. The fraction of sp³-hybridized carbons (Fsp3) is 0.0769. The average Bonchev–Trinajstić information content (AvgIpc) is 2.46. The highest BCUT2D eigenvalue weighted by Crippen LogP contribution is 2.32. The predicted octanol–water partition coefficient (Wildman–Crippen LogP) is 2.62. The van der Waals surface area contributed by atoms with Crippen molar-refractivity contribution < 1.29 is 18.0 Å². The topological polar surface area (TPSA) is 78.7 Å². The van der Waals surface area contributed by atoms with Crippen LogP contribution in [0.1, 0.15) is 21.6 Å². The van der Waals surface area contributed by atoms with Crippen LogP contribution >= 0.6 is 0 Å². The molecule has 2 aromatic rings. The van der Waals surface area contributed by atoms with E-state index in [0.29, 0.717) is 0 Å². The van der Waals surface area contributed by atoms with Gasteiger partial charge in [-0.25, -0.2) is 4.98 Å². The van der Waals surface area contributed by atoms with E-state index in [1.165, 1.54) is 18.3 Å². The molecule has 21 heavy (non-hydrogen) atoms. The molecule has 5 nitrogen and oxygen atoms in total. The monoisotopic (exact) mass is 292 g/mol. The first-order valence-corrected chi connectivity index (χ1v) is 5.60.